The zero-order chi connectivity index (χ0) is 22.5. The second-order valence-corrected chi connectivity index (χ2v) is 8.19. The van der Waals surface area contributed by atoms with Gasteiger partial charge in [0.05, 0.1) is 23.6 Å². The van der Waals surface area contributed by atoms with Crippen molar-refractivity contribution in [1.82, 2.24) is 25.2 Å². The van der Waals surface area contributed by atoms with E-state index in [2.05, 4.69) is 34.6 Å². The molecule has 9 heteroatoms. The molecule has 0 unspecified atom stereocenters. The Kier molecular flexibility index (Phi) is 6.67. The summed E-state index contributed by atoms with van der Waals surface area (Å²) in [6.45, 7) is 2.98. The number of aromatic nitrogens is 4. The van der Waals surface area contributed by atoms with Gasteiger partial charge in [-0.2, -0.15) is 0 Å². The highest BCUT2D eigenvalue weighted by molar-refractivity contribution is 7.99. The van der Waals surface area contributed by atoms with Gasteiger partial charge in [-0.05, 0) is 19.1 Å². The van der Waals surface area contributed by atoms with E-state index in [1.54, 1.807) is 7.11 Å². The van der Waals surface area contributed by atoms with E-state index in [9.17, 15) is 4.79 Å². The number of carbonyl (C=O) groups is 1. The van der Waals surface area contributed by atoms with Gasteiger partial charge in [0.15, 0.2) is 5.82 Å². The highest BCUT2D eigenvalue weighted by Crippen LogP contribution is 2.32. The minimum Gasteiger partial charge on any atom is -0.383 e. The highest BCUT2D eigenvalue weighted by Gasteiger charge is 2.17. The molecule has 4 aromatic rings. The number of nitrogen functional groups attached to an aromatic ring is 1. The smallest absolute Gasteiger partial charge is 0.230 e. The number of rotatable bonds is 8. The minimum atomic E-state index is -0.118. The first-order chi connectivity index (χ1) is 15.6. The number of amides is 1. The molecule has 0 saturated heterocycles. The summed E-state index contributed by atoms with van der Waals surface area (Å²) in [4.78, 5) is 16.8. The third kappa shape index (κ3) is 4.74. The van der Waals surface area contributed by atoms with Crippen LogP contribution in [0.2, 0.25) is 0 Å². The van der Waals surface area contributed by atoms with E-state index in [4.69, 9.17) is 15.6 Å². The van der Waals surface area contributed by atoms with Crippen LogP contribution in [0.4, 0.5) is 0 Å². The first kappa shape index (κ1) is 21.8. The molecule has 1 amide bonds. The molecule has 164 valence electrons. The quantitative estimate of drug-likeness (QED) is 0.242. The van der Waals surface area contributed by atoms with Crippen LogP contribution in [0.3, 0.4) is 0 Å². The summed E-state index contributed by atoms with van der Waals surface area (Å²) in [6.07, 6.45) is 0. The Morgan fingerprint density at radius 3 is 2.72 bits per heavy atom. The van der Waals surface area contributed by atoms with Gasteiger partial charge in [-0.3, -0.25) is 4.79 Å². The van der Waals surface area contributed by atoms with Crippen LogP contribution in [0.1, 0.15) is 5.56 Å². The van der Waals surface area contributed by atoms with Gasteiger partial charge >= 0.3 is 0 Å². The maximum absolute atomic E-state index is 12.0. The maximum Gasteiger partial charge on any atom is 0.230 e. The van der Waals surface area contributed by atoms with Crippen LogP contribution in [0, 0.1) is 6.92 Å². The van der Waals surface area contributed by atoms with Crippen molar-refractivity contribution in [2.75, 3.05) is 31.9 Å². The number of nitrogens with two attached hydrogens (primary N) is 1. The molecule has 2 aromatic carbocycles. The molecule has 0 aliphatic rings. The number of nitrogens with one attached hydrogen (secondary N) is 1. The summed E-state index contributed by atoms with van der Waals surface area (Å²) in [5.74, 6) is 6.92. The SMILES string of the molecule is COCCNC(=O)CSc1nnc(-c2cc(-c3ccc(C)cc3)nc3ccccc23)n1N. The zero-order valence-corrected chi connectivity index (χ0v) is 18.7. The van der Waals surface area contributed by atoms with Crippen molar-refractivity contribution in [3.63, 3.8) is 0 Å². The number of para-hydroxylation sites is 1. The van der Waals surface area contributed by atoms with Crippen molar-refractivity contribution in [2.45, 2.75) is 12.1 Å². The topological polar surface area (TPSA) is 108 Å². The molecule has 0 spiro atoms. The Morgan fingerprint density at radius 1 is 1.16 bits per heavy atom. The molecule has 0 aliphatic heterocycles. The molecule has 0 fully saturated rings. The Hall–Kier alpha value is -3.43. The first-order valence-corrected chi connectivity index (χ1v) is 11.1. The highest BCUT2D eigenvalue weighted by atomic mass is 32.2. The molecule has 3 N–H and O–H groups in total. The third-order valence-electron chi connectivity index (χ3n) is 4.93. The number of aryl methyl sites for hydroxylation is 1. The van der Waals surface area contributed by atoms with Gasteiger partial charge in [-0.1, -0.05) is 59.8 Å². The molecule has 0 saturated carbocycles. The fraction of sp³-hybridized carbons (Fsp3) is 0.217. The largest absolute Gasteiger partial charge is 0.383 e. The fourth-order valence-electron chi connectivity index (χ4n) is 3.27. The lowest BCUT2D eigenvalue weighted by Gasteiger charge is -2.10. The lowest BCUT2D eigenvalue weighted by Crippen LogP contribution is -2.28. The number of carbonyl (C=O) groups excluding carboxylic acids is 1. The molecular formula is C23H24N6O2S. The van der Waals surface area contributed by atoms with Gasteiger partial charge in [0, 0.05) is 30.2 Å². The summed E-state index contributed by atoms with van der Waals surface area (Å²) in [5.41, 5.74) is 4.69. The van der Waals surface area contributed by atoms with Gasteiger partial charge in [0.25, 0.3) is 0 Å². The number of hydrogen-bond donors (Lipinski definition) is 2. The number of thioether (sulfide) groups is 1. The van der Waals surface area contributed by atoms with Crippen molar-refractivity contribution in [1.29, 1.82) is 0 Å². The third-order valence-corrected chi connectivity index (χ3v) is 5.87. The molecule has 4 rings (SSSR count). The van der Waals surface area contributed by atoms with Crippen LogP contribution in [-0.2, 0) is 9.53 Å². The van der Waals surface area contributed by atoms with Gasteiger partial charge in [-0.15, -0.1) is 10.2 Å². The zero-order valence-electron chi connectivity index (χ0n) is 17.9. The molecule has 0 bridgehead atoms. The first-order valence-electron chi connectivity index (χ1n) is 10.1. The predicted molar refractivity (Wildman–Crippen MR) is 127 cm³/mol. The van der Waals surface area contributed by atoms with E-state index in [-0.39, 0.29) is 11.7 Å². The van der Waals surface area contributed by atoms with E-state index < -0.39 is 0 Å². The average Bonchev–Trinajstić information content (AvgIpc) is 3.17. The molecule has 2 aromatic heterocycles. The van der Waals surface area contributed by atoms with Crippen molar-refractivity contribution in [3.05, 3.63) is 60.2 Å². The van der Waals surface area contributed by atoms with Gasteiger partial charge in [0.2, 0.25) is 11.1 Å². The fourth-order valence-corrected chi connectivity index (χ4v) is 3.95. The van der Waals surface area contributed by atoms with E-state index in [1.165, 1.54) is 22.0 Å². The molecule has 0 radical (unpaired) electrons. The van der Waals surface area contributed by atoms with Crippen molar-refractivity contribution < 1.29 is 9.53 Å². The summed E-state index contributed by atoms with van der Waals surface area (Å²) < 4.78 is 6.36. The van der Waals surface area contributed by atoms with E-state index in [1.807, 2.05) is 42.5 Å². The van der Waals surface area contributed by atoms with Crippen LogP contribution in [-0.4, -0.2) is 51.8 Å². The van der Waals surface area contributed by atoms with Gasteiger partial charge in [0.1, 0.15) is 0 Å². The second kappa shape index (κ2) is 9.80. The number of hydrogen-bond acceptors (Lipinski definition) is 7. The van der Waals surface area contributed by atoms with Gasteiger partial charge < -0.3 is 15.9 Å². The summed E-state index contributed by atoms with van der Waals surface area (Å²) in [7, 11) is 1.59. The van der Waals surface area contributed by atoms with Crippen LogP contribution in [0.15, 0.2) is 59.8 Å². The van der Waals surface area contributed by atoms with E-state index >= 15 is 0 Å². The maximum atomic E-state index is 12.0. The van der Waals surface area contributed by atoms with Crippen molar-refractivity contribution in [2.24, 2.45) is 0 Å². The Labute approximate surface area is 190 Å². The molecule has 8 nitrogen and oxygen atoms in total. The normalized spacial score (nSPS) is 11.1. The van der Waals surface area contributed by atoms with E-state index in [0.29, 0.717) is 24.1 Å². The Bertz CT molecular complexity index is 1240. The van der Waals surface area contributed by atoms with Crippen LogP contribution in [0.5, 0.6) is 0 Å². The van der Waals surface area contributed by atoms with Crippen molar-refractivity contribution >= 4 is 28.6 Å². The van der Waals surface area contributed by atoms with Crippen LogP contribution < -0.4 is 11.2 Å². The Morgan fingerprint density at radius 2 is 1.94 bits per heavy atom. The number of methoxy groups -OCH3 is 1. The molecule has 32 heavy (non-hydrogen) atoms. The molecule has 2 heterocycles. The Balaban J connectivity index is 1.66. The van der Waals surface area contributed by atoms with Crippen molar-refractivity contribution in [3.8, 4) is 22.6 Å². The van der Waals surface area contributed by atoms with Gasteiger partial charge in [-0.25, -0.2) is 9.66 Å². The lowest BCUT2D eigenvalue weighted by atomic mass is 10.0. The molecular weight excluding hydrogens is 424 g/mol. The van der Waals surface area contributed by atoms with E-state index in [0.717, 1.165) is 27.7 Å². The monoisotopic (exact) mass is 448 g/mol. The number of nitrogens with zero attached hydrogens (tertiary/aromatic N) is 4. The van der Waals surface area contributed by atoms with Crippen LogP contribution in [0.25, 0.3) is 33.5 Å². The number of benzene rings is 2. The molecule has 0 aliphatic carbocycles. The average molecular weight is 449 g/mol. The lowest BCUT2D eigenvalue weighted by molar-refractivity contribution is -0.118. The number of fused-ring (bicyclic) bond motifs is 1. The number of pyridine rings is 1. The second-order valence-electron chi connectivity index (χ2n) is 7.25. The summed E-state index contributed by atoms with van der Waals surface area (Å²) >= 11 is 1.23. The molecule has 0 atom stereocenters. The predicted octanol–water partition coefficient (Wildman–Crippen LogP) is 3.04. The summed E-state index contributed by atoms with van der Waals surface area (Å²) in [6, 6.07) is 18.1. The minimum absolute atomic E-state index is 0.118. The summed E-state index contributed by atoms with van der Waals surface area (Å²) in [5, 5.41) is 12.7. The van der Waals surface area contributed by atoms with Crippen LogP contribution >= 0.6 is 11.8 Å². The number of ether oxygens (including phenoxy) is 1. The standard InChI is InChI=1S/C23H24N6O2S/c1-15-7-9-16(10-8-15)20-13-18(17-5-3-4-6-19(17)26-20)22-27-28-23(29(22)24)32-14-21(30)25-11-12-31-2/h3-10,13H,11-12,14,24H2,1-2H3,(H,25,30).